The summed E-state index contributed by atoms with van der Waals surface area (Å²) in [6, 6.07) is 5.84. The van der Waals surface area contributed by atoms with E-state index in [0.29, 0.717) is 29.9 Å². The van der Waals surface area contributed by atoms with E-state index < -0.39 is 11.7 Å². The Hall–Kier alpha value is -1.87. The van der Waals surface area contributed by atoms with Crippen molar-refractivity contribution in [2.24, 2.45) is 0 Å². The van der Waals surface area contributed by atoms with Crippen LogP contribution in [0.2, 0.25) is 0 Å². The third-order valence-electron chi connectivity index (χ3n) is 4.13. The number of alkyl halides is 3. The van der Waals surface area contributed by atoms with E-state index in [1.54, 1.807) is 6.07 Å². The first-order valence-corrected chi connectivity index (χ1v) is 9.43. The zero-order valence-electron chi connectivity index (χ0n) is 15.1. The number of halogens is 4. The number of aromatic nitrogens is 2. The molecule has 0 spiro atoms. The molecule has 1 aliphatic carbocycles. The Morgan fingerprint density at radius 1 is 1.19 bits per heavy atom. The predicted octanol–water partition coefficient (Wildman–Crippen LogP) is 4.85. The van der Waals surface area contributed by atoms with Gasteiger partial charge < -0.3 is 15.5 Å². The largest absolute Gasteiger partial charge is 0.417 e. The lowest BCUT2D eigenvalue weighted by molar-refractivity contribution is -0.138. The maximum atomic E-state index is 13.1. The third-order valence-corrected chi connectivity index (χ3v) is 4.82. The highest BCUT2D eigenvalue weighted by Crippen LogP contribution is 2.40. The van der Waals surface area contributed by atoms with E-state index in [0.717, 1.165) is 31.1 Å². The number of hydrogen-bond acceptors (Lipinski definition) is 5. The lowest BCUT2D eigenvalue weighted by Gasteiger charge is -2.14. The Morgan fingerprint density at radius 2 is 1.93 bits per heavy atom. The van der Waals surface area contributed by atoms with Crippen LogP contribution in [-0.2, 0) is 6.18 Å². The molecule has 27 heavy (non-hydrogen) atoms. The number of hydrogen-bond donors (Lipinski definition) is 2. The van der Waals surface area contributed by atoms with Crippen molar-refractivity contribution < 1.29 is 13.2 Å². The molecular formula is C18H21BrF3N5. The Bertz CT molecular complexity index is 806. The van der Waals surface area contributed by atoms with Gasteiger partial charge >= 0.3 is 6.18 Å². The highest BCUT2D eigenvalue weighted by atomic mass is 79.9. The van der Waals surface area contributed by atoms with Crippen molar-refractivity contribution in [2.75, 3.05) is 37.8 Å². The van der Waals surface area contributed by atoms with Crippen molar-refractivity contribution >= 4 is 33.4 Å². The van der Waals surface area contributed by atoms with Gasteiger partial charge in [-0.15, -0.1) is 0 Å². The Morgan fingerprint density at radius 3 is 2.56 bits per heavy atom. The molecule has 2 N–H and O–H groups in total. The maximum Gasteiger partial charge on any atom is 0.417 e. The topological polar surface area (TPSA) is 53.1 Å². The van der Waals surface area contributed by atoms with E-state index in [4.69, 9.17) is 0 Å². The van der Waals surface area contributed by atoms with Crippen LogP contribution in [0.4, 0.5) is 30.6 Å². The fourth-order valence-corrected chi connectivity index (χ4v) is 3.03. The third kappa shape index (κ3) is 5.55. The Kier molecular flexibility index (Phi) is 5.90. The molecule has 0 saturated heterocycles. The minimum atomic E-state index is -4.43. The SMILES string of the molecule is CN(C)CCNc1nc(Nc2ccc(Br)c(C(F)(F)F)c2)cc(C2CC2)n1. The summed E-state index contributed by atoms with van der Waals surface area (Å²) in [4.78, 5) is 11.0. The van der Waals surface area contributed by atoms with Gasteiger partial charge in [-0.05, 0) is 45.1 Å². The first-order valence-electron chi connectivity index (χ1n) is 8.64. The van der Waals surface area contributed by atoms with Crippen LogP contribution in [0, 0.1) is 0 Å². The molecule has 1 aliphatic rings. The quantitative estimate of drug-likeness (QED) is 0.640. The molecule has 0 bridgehead atoms. The van der Waals surface area contributed by atoms with Crippen LogP contribution < -0.4 is 10.6 Å². The summed E-state index contributed by atoms with van der Waals surface area (Å²) >= 11 is 2.95. The Labute approximate surface area is 164 Å². The molecule has 0 atom stereocenters. The highest BCUT2D eigenvalue weighted by Gasteiger charge is 2.33. The molecule has 5 nitrogen and oxygen atoms in total. The molecule has 146 valence electrons. The first-order chi connectivity index (χ1) is 12.7. The minimum Gasteiger partial charge on any atom is -0.353 e. The zero-order chi connectivity index (χ0) is 19.6. The average molecular weight is 444 g/mol. The number of rotatable bonds is 7. The van der Waals surface area contributed by atoms with Crippen LogP contribution in [-0.4, -0.2) is 42.1 Å². The molecule has 0 amide bonds. The van der Waals surface area contributed by atoms with Gasteiger partial charge in [0.2, 0.25) is 5.95 Å². The lowest BCUT2D eigenvalue weighted by Crippen LogP contribution is -2.21. The molecule has 1 aromatic carbocycles. The summed E-state index contributed by atoms with van der Waals surface area (Å²) in [6.45, 7) is 1.50. The van der Waals surface area contributed by atoms with E-state index in [-0.39, 0.29) is 4.47 Å². The second kappa shape index (κ2) is 8.02. The van der Waals surface area contributed by atoms with E-state index in [9.17, 15) is 13.2 Å². The average Bonchev–Trinajstić information content (AvgIpc) is 3.40. The number of nitrogens with zero attached hydrogens (tertiary/aromatic N) is 3. The smallest absolute Gasteiger partial charge is 0.353 e. The molecule has 1 saturated carbocycles. The summed E-state index contributed by atoms with van der Waals surface area (Å²) in [5, 5.41) is 6.16. The number of benzene rings is 1. The molecule has 9 heteroatoms. The van der Waals surface area contributed by atoms with Crippen LogP contribution in [0.3, 0.4) is 0 Å². The molecule has 0 unspecified atom stereocenters. The van der Waals surface area contributed by atoms with Crippen LogP contribution >= 0.6 is 15.9 Å². The zero-order valence-corrected chi connectivity index (χ0v) is 16.7. The van der Waals surface area contributed by atoms with E-state index in [2.05, 4.69) is 36.5 Å². The van der Waals surface area contributed by atoms with Gasteiger partial charge in [0, 0.05) is 35.2 Å². The fraction of sp³-hybridized carbons (Fsp3) is 0.444. The van der Waals surface area contributed by atoms with E-state index >= 15 is 0 Å². The number of anilines is 3. The molecular weight excluding hydrogens is 423 g/mol. The van der Waals surface area contributed by atoms with Crippen molar-refractivity contribution in [1.29, 1.82) is 0 Å². The highest BCUT2D eigenvalue weighted by molar-refractivity contribution is 9.10. The van der Waals surface area contributed by atoms with Gasteiger partial charge in [-0.2, -0.15) is 18.2 Å². The van der Waals surface area contributed by atoms with Gasteiger partial charge in [-0.3, -0.25) is 0 Å². The second-order valence-corrected chi connectivity index (χ2v) is 7.68. The molecule has 1 heterocycles. The van der Waals surface area contributed by atoms with Crippen molar-refractivity contribution in [1.82, 2.24) is 14.9 Å². The summed E-state index contributed by atoms with van der Waals surface area (Å²) in [5.41, 5.74) is 0.506. The predicted molar refractivity (Wildman–Crippen MR) is 103 cm³/mol. The van der Waals surface area contributed by atoms with Gasteiger partial charge in [-0.25, -0.2) is 4.98 Å². The van der Waals surface area contributed by atoms with E-state index in [1.807, 2.05) is 25.1 Å². The van der Waals surface area contributed by atoms with Crippen molar-refractivity contribution in [3.8, 4) is 0 Å². The van der Waals surface area contributed by atoms with Gasteiger partial charge in [0.15, 0.2) is 0 Å². The normalized spacial score (nSPS) is 14.5. The van der Waals surface area contributed by atoms with Crippen molar-refractivity contribution in [3.05, 3.63) is 40.0 Å². The van der Waals surface area contributed by atoms with Gasteiger partial charge in [-0.1, -0.05) is 15.9 Å². The summed E-state index contributed by atoms with van der Waals surface area (Å²) in [6.07, 6.45) is -2.28. The second-order valence-electron chi connectivity index (χ2n) is 6.82. The molecule has 0 aliphatic heterocycles. The lowest BCUT2D eigenvalue weighted by atomic mass is 10.2. The molecule has 2 aromatic rings. The fourth-order valence-electron chi connectivity index (χ4n) is 2.56. The first kappa shape index (κ1) is 19.9. The summed E-state index contributed by atoms with van der Waals surface area (Å²) in [5.74, 6) is 1.37. The van der Waals surface area contributed by atoms with Gasteiger partial charge in [0.1, 0.15) is 5.82 Å². The number of nitrogens with one attached hydrogen (secondary N) is 2. The Balaban J connectivity index is 1.82. The monoisotopic (exact) mass is 443 g/mol. The molecule has 3 rings (SSSR count). The van der Waals surface area contributed by atoms with Crippen molar-refractivity contribution in [2.45, 2.75) is 24.9 Å². The van der Waals surface area contributed by atoms with Crippen LogP contribution in [0.25, 0.3) is 0 Å². The van der Waals surface area contributed by atoms with Crippen LogP contribution in [0.1, 0.15) is 30.0 Å². The van der Waals surface area contributed by atoms with E-state index in [1.165, 1.54) is 6.07 Å². The van der Waals surface area contributed by atoms with Crippen LogP contribution in [0.5, 0.6) is 0 Å². The summed E-state index contributed by atoms with van der Waals surface area (Å²) in [7, 11) is 3.95. The standard InChI is InChI=1S/C18H21BrF3N5/c1-27(2)8-7-23-17-25-15(11-3-4-11)10-16(26-17)24-12-5-6-14(19)13(9-12)18(20,21)22/h5-6,9-11H,3-4,7-8H2,1-2H3,(H2,23,24,25,26). The molecule has 1 aromatic heterocycles. The van der Waals surface area contributed by atoms with Gasteiger partial charge in [0.05, 0.1) is 11.3 Å². The molecule has 1 fully saturated rings. The maximum absolute atomic E-state index is 13.1. The van der Waals surface area contributed by atoms with Crippen molar-refractivity contribution in [3.63, 3.8) is 0 Å². The summed E-state index contributed by atoms with van der Waals surface area (Å²) < 4.78 is 39.4. The van der Waals surface area contributed by atoms with Crippen LogP contribution in [0.15, 0.2) is 28.7 Å². The van der Waals surface area contributed by atoms with Gasteiger partial charge in [0.25, 0.3) is 0 Å². The number of likely N-dealkylation sites (N-methyl/N-ethyl adjacent to an activating group) is 1. The molecule has 0 radical (unpaired) electrons. The minimum absolute atomic E-state index is 0.00736.